The SMILES string of the molecule is CCCOC(=O)c1ccc(C(=O)OCCC)cc1.[H-].[K+]. The minimum Gasteiger partial charge on any atom is -1.00 e. The topological polar surface area (TPSA) is 52.6 Å². The molecule has 0 saturated heterocycles. The molecule has 0 aliphatic heterocycles. The van der Waals surface area contributed by atoms with Crippen LogP contribution in [0.5, 0.6) is 0 Å². The zero-order valence-electron chi connectivity index (χ0n) is 12.8. The van der Waals surface area contributed by atoms with Gasteiger partial charge in [0.05, 0.1) is 24.3 Å². The fourth-order valence-corrected chi connectivity index (χ4v) is 1.30. The number of benzene rings is 1. The molecule has 0 aliphatic carbocycles. The first-order chi connectivity index (χ1) is 8.69. The van der Waals surface area contributed by atoms with Crippen molar-refractivity contribution in [2.24, 2.45) is 0 Å². The second-order valence-electron chi connectivity index (χ2n) is 3.85. The van der Waals surface area contributed by atoms with Gasteiger partial charge in [0.25, 0.3) is 0 Å². The molecule has 0 unspecified atom stereocenters. The van der Waals surface area contributed by atoms with Crippen LogP contribution >= 0.6 is 0 Å². The van der Waals surface area contributed by atoms with Gasteiger partial charge in [-0.05, 0) is 37.1 Å². The van der Waals surface area contributed by atoms with Crippen LogP contribution in [0.3, 0.4) is 0 Å². The Balaban J connectivity index is 0. The Bertz CT molecular complexity index is 367. The fraction of sp³-hybridized carbons (Fsp3) is 0.429. The number of rotatable bonds is 6. The summed E-state index contributed by atoms with van der Waals surface area (Å²) in [5.74, 6) is -0.740. The van der Waals surface area contributed by atoms with Crippen LogP contribution in [-0.2, 0) is 9.47 Å². The van der Waals surface area contributed by atoms with E-state index in [1.165, 1.54) is 0 Å². The average Bonchev–Trinajstić information content (AvgIpc) is 2.42. The van der Waals surface area contributed by atoms with Crippen molar-refractivity contribution in [2.45, 2.75) is 26.7 Å². The standard InChI is InChI=1S/C14H18O4.K.H/c1-3-9-17-13(15)11-5-7-12(8-6-11)14(16)18-10-4-2;;/h5-8H,3-4,9-10H2,1-2H3;;/q;+1;-1. The number of hydrogen-bond donors (Lipinski definition) is 0. The smallest absolute Gasteiger partial charge is 1.00 e. The minimum atomic E-state index is -0.370. The third-order valence-corrected chi connectivity index (χ3v) is 2.23. The van der Waals surface area contributed by atoms with E-state index in [1.54, 1.807) is 24.3 Å². The van der Waals surface area contributed by atoms with Crippen LogP contribution in [0.25, 0.3) is 0 Å². The summed E-state index contributed by atoms with van der Waals surface area (Å²) in [6, 6.07) is 6.28. The molecular weight excluding hydrogens is 271 g/mol. The third-order valence-electron chi connectivity index (χ3n) is 2.23. The van der Waals surface area contributed by atoms with Gasteiger partial charge in [-0.15, -0.1) is 0 Å². The second kappa shape index (κ2) is 10.6. The molecule has 0 fully saturated rings. The van der Waals surface area contributed by atoms with Gasteiger partial charge >= 0.3 is 63.3 Å². The molecule has 0 heterocycles. The van der Waals surface area contributed by atoms with Gasteiger partial charge in [0.1, 0.15) is 0 Å². The van der Waals surface area contributed by atoms with Gasteiger partial charge < -0.3 is 10.9 Å². The quantitative estimate of drug-likeness (QED) is 0.544. The molecule has 0 aromatic heterocycles. The molecule has 0 N–H and O–H groups in total. The zero-order valence-corrected chi connectivity index (χ0v) is 14.9. The first-order valence-corrected chi connectivity index (χ1v) is 6.13. The van der Waals surface area contributed by atoms with Crippen LogP contribution < -0.4 is 51.4 Å². The summed E-state index contributed by atoms with van der Waals surface area (Å²) in [7, 11) is 0. The van der Waals surface area contributed by atoms with Crippen LogP contribution in [0, 0.1) is 0 Å². The fourth-order valence-electron chi connectivity index (χ4n) is 1.30. The third kappa shape index (κ3) is 6.67. The minimum absolute atomic E-state index is 0. The van der Waals surface area contributed by atoms with Crippen molar-refractivity contribution in [3.63, 3.8) is 0 Å². The monoisotopic (exact) mass is 290 g/mol. The largest absolute Gasteiger partial charge is 1.00 e. The van der Waals surface area contributed by atoms with Gasteiger partial charge in [-0.3, -0.25) is 0 Å². The average molecular weight is 290 g/mol. The Morgan fingerprint density at radius 2 is 1.21 bits per heavy atom. The summed E-state index contributed by atoms with van der Waals surface area (Å²) in [6.45, 7) is 4.67. The predicted molar refractivity (Wildman–Crippen MR) is 68.7 cm³/mol. The van der Waals surface area contributed by atoms with Gasteiger partial charge in [0.2, 0.25) is 0 Å². The molecule has 0 aliphatic rings. The van der Waals surface area contributed by atoms with E-state index in [2.05, 4.69) is 0 Å². The maximum Gasteiger partial charge on any atom is 1.00 e. The van der Waals surface area contributed by atoms with Crippen molar-refractivity contribution in [1.29, 1.82) is 0 Å². The Hall–Kier alpha value is -0.204. The summed E-state index contributed by atoms with van der Waals surface area (Å²) < 4.78 is 9.97. The molecular formula is C14H19KO4. The van der Waals surface area contributed by atoms with Gasteiger partial charge in [-0.25, -0.2) is 9.59 Å². The van der Waals surface area contributed by atoms with E-state index in [9.17, 15) is 9.59 Å². The second-order valence-corrected chi connectivity index (χ2v) is 3.85. The molecule has 1 rings (SSSR count). The Kier molecular flexibility index (Phi) is 10.5. The van der Waals surface area contributed by atoms with E-state index in [0.29, 0.717) is 24.3 Å². The Morgan fingerprint density at radius 1 is 0.895 bits per heavy atom. The number of carbonyl (C=O) groups excluding carboxylic acids is 2. The van der Waals surface area contributed by atoms with Crippen LogP contribution in [0.1, 0.15) is 48.8 Å². The van der Waals surface area contributed by atoms with Crippen LogP contribution in [0.15, 0.2) is 24.3 Å². The van der Waals surface area contributed by atoms with E-state index in [-0.39, 0.29) is 64.7 Å². The summed E-state index contributed by atoms with van der Waals surface area (Å²) in [6.07, 6.45) is 1.57. The van der Waals surface area contributed by atoms with Crippen LogP contribution in [0.2, 0.25) is 0 Å². The summed E-state index contributed by atoms with van der Waals surface area (Å²) in [5.41, 5.74) is 0.881. The van der Waals surface area contributed by atoms with Gasteiger partial charge in [-0.2, -0.15) is 0 Å². The molecule has 0 bridgehead atoms. The van der Waals surface area contributed by atoms with Crippen LogP contribution in [-0.4, -0.2) is 25.2 Å². The maximum absolute atomic E-state index is 11.5. The number of ether oxygens (including phenoxy) is 2. The first kappa shape index (κ1) is 18.8. The molecule has 0 amide bonds. The molecule has 0 atom stereocenters. The molecule has 0 saturated carbocycles. The number of carbonyl (C=O) groups is 2. The van der Waals surface area contributed by atoms with Crippen molar-refractivity contribution in [1.82, 2.24) is 0 Å². The maximum atomic E-state index is 11.5. The number of esters is 2. The summed E-state index contributed by atoms with van der Waals surface area (Å²) in [4.78, 5) is 23.0. The molecule has 0 spiro atoms. The van der Waals surface area contributed by atoms with Gasteiger partial charge in [0.15, 0.2) is 0 Å². The van der Waals surface area contributed by atoms with Crippen molar-refractivity contribution in [2.75, 3.05) is 13.2 Å². The van der Waals surface area contributed by atoms with E-state index in [1.807, 2.05) is 13.8 Å². The Labute approximate surface area is 157 Å². The molecule has 5 heteroatoms. The molecule has 4 nitrogen and oxygen atoms in total. The first-order valence-electron chi connectivity index (χ1n) is 6.13. The van der Waals surface area contributed by atoms with Crippen molar-refractivity contribution in [3.05, 3.63) is 35.4 Å². The van der Waals surface area contributed by atoms with E-state index in [0.717, 1.165) is 12.8 Å². The molecule has 1 aromatic rings. The van der Waals surface area contributed by atoms with Gasteiger partial charge in [-0.1, -0.05) is 13.8 Å². The summed E-state index contributed by atoms with van der Waals surface area (Å²) >= 11 is 0. The summed E-state index contributed by atoms with van der Waals surface area (Å²) in [5, 5.41) is 0. The van der Waals surface area contributed by atoms with E-state index >= 15 is 0 Å². The molecule has 100 valence electrons. The predicted octanol–water partition coefficient (Wildman–Crippen LogP) is -0.0633. The van der Waals surface area contributed by atoms with Crippen molar-refractivity contribution >= 4 is 11.9 Å². The van der Waals surface area contributed by atoms with Crippen molar-refractivity contribution < 1.29 is 71.9 Å². The Morgan fingerprint density at radius 3 is 1.47 bits per heavy atom. The molecule has 19 heavy (non-hydrogen) atoms. The zero-order chi connectivity index (χ0) is 13.4. The molecule has 0 radical (unpaired) electrons. The normalized spacial score (nSPS) is 9.37. The van der Waals surface area contributed by atoms with Gasteiger partial charge in [0, 0.05) is 0 Å². The van der Waals surface area contributed by atoms with E-state index < -0.39 is 0 Å². The van der Waals surface area contributed by atoms with Crippen molar-refractivity contribution in [3.8, 4) is 0 Å². The van der Waals surface area contributed by atoms with E-state index in [4.69, 9.17) is 9.47 Å². The number of hydrogen-bond acceptors (Lipinski definition) is 4. The molecule has 1 aromatic carbocycles. The van der Waals surface area contributed by atoms with Crippen LogP contribution in [0.4, 0.5) is 0 Å².